The molecule has 9 nitrogen and oxygen atoms in total. The molecule has 4 aromatic rings. The molecule has 1 aliphatic rings. The van der Waals surface area contributed by atoms with Crippen LogP contribution < -0.4 is 20.1 Å². The van der Waals surface area contributed by atoms with E-state index in [2.05, 4.69) is 20.7 Å². The molecule has 0 saturated heterocycles. The predicted molar refractivity (Wildman–Crippen MR) is 130 cm³/mol. The Hall–Kier alpha value is -4.40. The molecule has 0 aliphatic carbocycles. The monoisotopic (exact) mass is 456 g/mol. The number of pyridine rings is 2. The van der Waals surface area contributed by atoms with Crippen LogP contribution in [0, 0.1) is 6.92 Å². The third kappa shape index (κ3) is 3.61. The average molecular weight is 457 g/mol. The Bertz CT molecular complexity index is 1440. The molecule has 4 heterocycles. The molecular formula is C25H24N6O3. The van der Waals surface area contributed by atoms with Crippen LogP contribution in [0.4, 0.5) is 11.5 Å². The highest BCUT2D eigenvalue weighted by atomic mass is 16.5. The maximum atomic E-state index is 11.9. The molecule has 3 aromatic heterocycles. The highest BCUT2D eigenvalue weighted by molar-refractivity contribution is 5.87. The topological polar surface area (TPSA) is 103 Å². The highest BCUT2D eigenvalue weighted by Crippen LogP contribution is 2.37. The van der Waals surface area contributed by atoms with Gasteiger partial charge in [0.05, 0.1) is 31.0 Å². The smallest absolute Gasteiger partial charge is 0.216 e. The number of carbonyl (C=O) groups excluding carboxylic acids is 1. The number of methoxy groups -OCH3 is 2. The van der Waals surface area contributed by atoms with Gasteiger partial charge in [-0.25, -0.2) is 9.97 Å². The summed E-state index contributed by atoms with van der Waals surface area (Å²) in [6.45, 7) is 2.03. The van der Waals surface area contributed by atoms with Gasteiger partial charge in [-0.3, -0.25) is 4.68 Å². The molecule has 1 aromatic carbocycles. The van der Waals surface area contributed by atoms with E-state index in [9.17, 15) is 4.79 Å². The Morgan fingerprint density at radius 1 is 1.18 bits per heavy atom. The molecule has 0 amide bonds. The number of rotatable bonds is 6. The van der Waals surface area contributed by atoms with Crippen LogP contribution in [0.15, 0.2) is 42.7 Å². The van der Waals surface area contributed by atoms with E-state index in [0.717, 1.165) is 39.7 Å². The lowest BCUT2D eigenvalue weighted by molar-refractivity contribution is -0.109. The largest absolute Gasteiger partial charge is 0.496 e. The minimum atomic E-state index is -0.527. The number of carbonyl (C=O) groups is 1. The van der Waals surface area contributed by atoms with Crippen molar-refractivity contribution in [3.63, 3.8) is 0 Å². The lowest BCUT2D eigenvalue weighted by atomic mass is 9.97. The van der Waals surface area contributed by atoms with Crippen molar-refractivity contribution in [3.05, 3.63) is 59.5 Å². The van der Waals surface area contributed by atoms with E-state index < -0.39 is 6.04 Å². The molecule has 34 heavy (non-hydrogen) atoms. The van der Waals surface area contributed by atoms with Crippen LogP contribution in [0.1, 0.15) is 22.9 Å². The van der Waals surface area contributed by atoms with Gasteiger partial charge in [-0.15, -0.1) is 0 Å². The Morgan fingerprint density at radius 2 is 2.03 bits per heavy atom. The van der Waals surface area contributed by atoms with Crippen LogP contribution in [-0.4, -0.2) is 40.3 Å². The molecule has 1 atom stereocenters. The molecular weight excluding hydrogens is 432 g/mol. The first-order valence-electron chi connectivity index (χ1n) is 10.7. The van der Waals surface area contributed by atoms with Crippen molar-refractivity contribution in [2.45, 2.75) is 13.0 Å². The van der Waals surface area contributed by atoms with Gasteiger partial charge in [0.25, 0.3) is 0 Å². The molecule has 9 heteroatoms. The summed E-state index contributed by atoms with van der Waals surface area (Å²) < 4.78 is 12.7. The van der Waals surface area contributed by atoms with E-state index in [0.29, 0.717) is 28.7 Å². The maximum Gasteiger partial charge on any atom is 0.216 e. The number of hydrogen-bond donors (Lipinski definition) is 2. The predicted octanol–water partition coefficient (Wildman–Crippen LogP) is 3.91. The first-order valence-corrected chi connectivity index (χ1v) is 10.7. The first kappa shape index (κ1) is 21.4. The fourth-order valence-electron chi connectivity index (χ4n) is 4.14. The van der Waals surface area contributed by atoms with Gasteiger partial charge < -0.3 is 24.9 Å². The molecule has 5 rings (SSSR count). The van der Waals surface area contributed by atoms with Gasteiger partial charge in [0.1, 0.15) is 23.9 Å². The third-order valence-corrected chi connectivity index (χ3v) is 6.02. The summed E-state index contributed by atoms with van der Waals surface area (Å²) in [6.07, 6.45) is 6.22. The fraction of sp³-hybridized carbons (Fsp3) is 0.200. The Balaban J connectivity index is 1.65. The zero-order valence-electron chi connectivity index (χ0n) is 19.3. The minimum Gasteiger partial charge on any atom is -0.496 e. The molecule has 0 spiro atoms. The van der Waals surface area contributed by atoms with E-state index in [4.69, 9.17) is 14.5 Å². The van der Waals surface area contributed by atoms with Crippen molar-refractivity contribution in [2.24, 2.45) is 7.05 Å². The number of nitrogens with zero attached hydrogens (tertiary/aromatic N) is 4. The quantitative estimate of drug-likeness (QED) is 0.421. The maximum absolute atomic E-state index is 11.9. The molecule has 0 radical (unpaired) electrons. The number of ether oxygens (including phenoxy) is 2. The standard InChI is InChI=1S/C25H24N6O3/c1-14-17-6-5-16(10-20(17)30-31(14)2)28-25-24-15(7-8-26-21(24)13-32)9-19(29-25)18-12-27-23(34-4)11-22(18)33-3/h5-13,21,26H,1-4H3,(H,28,29). The normalized spacial score (nSPS) is 14.4. The second-order valence-electron chi connectivity index (χ2n) is 7.97. The average Bonchev–Trinajstić information content (AvgIpc) is 3.15. The Kier molecular flexibility index (Phi) is 5.37. The first-order chi connectivity index (χ1) is 16.5. The van der Waals surface area contributed by atoms with E-state index in [1.807, 2.05) is 49.0 Å². The molecule has 0 fully saturated rings. The van der Waals surface area contributed by atoms with Gasteiger partial charge in [-0.2, -0.15) is 5.10 Å². The number of anilines is 2. The molecule has 172 valence electrons. The SMILES string of the molecule is COc1cc(OC)c(-c2cc3c(c(Nc4ccc5c(C)n(C)nc5c4)n2)C(C=O)NC=C3)cn1. The van der Waals surface area contributed by atoms with Gasteiger partial charge >= 0.3 is 0 Å². The minimum absolute atomic E-state index is 0.445. The summed E-state index contributed by atoms with van der Waals surface area (Å²) in [5.41, 5.74) is 5.78. The van der Waals surface area contributed by atoms with Gasteiger partial charge in [0, 0.05) is 41.6 Å². The molecule has 0 bridgehead atoms. The molecule has 1 unspecified atom stereocenters. The second kappa shape index (κ2) is 8.51. The van der Waals surface area contributed by atoms with Crippen LogP contribution >= 0.6 is 0 Å². The summed E-state index contributed by atoms with van der Waals surface area (Å²) >= 11 is 0. The van der Waals surface area contributed by atoms with Crippen molar-refractivity contribution in [1.82, 2.24) is 25.1 Å². The van der Waals surface area contributed by atoms with Crippen LogP contribution in [-0.2, 0) is 11.8 Å². The van der Waals surface area contributed by atoms with Crippen LogP contribution in [0.3, 0.4) is 0 Å². The summed E-state index contributed by atoms with van der Waals surface area (Å²) in [4.78, 5) is 21.1. The summed E-state index contributed by atoms with van der Waals surface area (Å²) in [6, 6.07) is 9.09. The fourth-order valence-corrected chi connectivity index (χ4v) is 4.14. The summed E-state index contributed by atoms with van der Waals surface area (Å²) in [5, 5.41) is 12.2. The van der Waals surface area contributed by atoms with Crippen molar-refractivity contribution < 1.29 is 14.3 Å². The van der Waals surface area contributed by atoms with Crippen LogP contribution in [0.2, 0.25) is 0 Å². The Morgan fingerprint density at radius 3 is 2.79 bits per heavy atom. The zero-order valence-corrected chi connectivity index (χ0v) is 19.3. The van der Waals surface area contributed by atoms with Crippen LogP contribution in [0.25, 0.3) is 28.2 Å². The van der Waals surface area contributed by atoms with Gasteiger partial charge in [-0.05, 0) is 49.0 Å². The number of aromatic nitrogens is 4. The van der Waals surface area contributed by atoms with Gasteiger partial charge in [0.15, 0.2) is 0 Å². The lowest BCUT2D eigenvalue weighted by Gasteiger charge is -2.23. The molecule has 2 N–H and O–H groups in total. The Labute approximate surface area is 196 Å². The van der Waals surface area contributed by atoms with Gasteiger partial charge in [0.2, 0.25) is 5.88 Å². The van der Waals surface area contributed by atoms with E-state index in [1.165, 1.54) is 0 Å². The molecule has 0 saturated carbocycles. The van der Waals surface area contributed by atoms with E-state index >= 15 is 0 Å². The number of benzene rings is 1. The summed E-state index contributed by atoms with van der Waals surface area (Å²) in [5.74, 6) is 1.59. The van der Waals surface area contributed by atoms with Crippen LogP contribution in [0.5, 0.6) is 11.6 Å². The van der Waals surface area contributed by atoms with Crippen molar-refractivity contribution in [1.29, 1.82) is 0 Å². The van der Waals surface area contributed by atoms with Crippen molar-refractivity contribution >= 4 is 34.8 Å². The van der Waals surface area contributed by atoms with Gasteiger partial charge in [-0.1, -0.05) is 0 Å². The lowest BCUT2D eigenvalue weighted by Crippen LogP contribution is -2.22. The number of aryl methyl sites for hydroxylation is 2. The number of hydrogen-bond acceptors (Lipinski definition) is 8. The number of aldehydes is 1. The third-order valence-electron chi connectivity index (χ3n) is 6.02. The van der Waals surface area contributed by atoms with E-state index in [1.54, 1.807) is 32.7 Å². The summed E-state index contributed by atoms with van der Waals surface area (Å²) in [7, 11) is 5.07. The highest BCUT2D eigenvalue weighted by Gasteiger charge is 2.24. The van der Waals surface area contributed by atoms with E-state index in [-0.39, 0.29) is 0 Å². The van der Waals surface area contributed by atoms with Crippen molar-refractivity contribution in [2.75, 3.05) is 19.5 Å². The second-order valence-corrected chi connectivity index (χ2v) is 7.97. The zero-order chi connectivity index (χ0) is 23.8. The van der Waals surface area contributed by atoms with Crippen molar-refractivity contribution in [3.8, 4) is 22.9 Å². The number of nitrogens with one attached hydrogen (secondary N) is 2. The number of fused-ring (bicyclic) bond motifs is 2. The molecule has 1 aliphatic heterocycles.